The van der Waals surface area contributed by atoms with E-state index in [1.54, 1.807) is 12.1 Å². The quantitative estimate of drug-likeness (QED) is 0.144. The predicted octanol–water partition coefficient (Wildman–Crippen LogP) is 9.55. The fraction of sp³-hybridized carbons (Fsp3) is 0.200. The average molecular weight is 568 g/mol. The second-order valence-electron chi connectivity index (χ2n) is 9.10. The van der Waals surface area contributed by atoms with Crippen LogP contribution in [0.5, 0.6) is 5.75 Å². The first-order valence-corrected chi connectivity index (χ1v) is 12.2. The molecule has 210 valence electrons. The summed E-state index contributed by atoms with van der Waals surface area (Å²) in [6.45, 7) is 2.01. The molecule has 0 heterocycles. The normalized spacial score (nSPS) is 11.7. The Labute approximate surface area is 223 Å². The molecule has 0 atom stereocenters. The van der Waals surface area contributed by atoms with Crippen LogP contribution in [0.3, 0.4) is 0 Å². The molecule has 0 radical (unpaired) electrons. The lowest BCUT2D eigenvalue weighted by atomic mass is 9.99. The number of hydrogen-bond donors (Lipinski definition) is 0. The maximum Gasteiger partial charge on any atom is 0.398 e. The highest BCUT2D eigenvalue weighted by Gasteiger charge is 2.34. The first-order chi connectivity index (χ1) is 18.9. The zero-order chi connectivity index (χ0) is 29.2. The van der Waals surface area contributed by atoms with E-state index in [0.29, 0.717) is 29.8 Å². The summed E-state index contributed by atoms with van der Waals surface area (Å²) >= 11 is 0. The van der Waals surface area contributed by atoms with Crippen molar-refractivity contribution < 1.29 is 44.3 Å². The Balaban J connectivity index is 1.49. The van der Waals surface area contributed by atoms with Crippen LogP contribution >= 0.6 is 0 Å². The smallest absolute Gasteiger partial charge is 0.398 e. The van der Waals surface area contributed by atoms with Gasteiger partial charge in [-0.2, -0.15) is 13.2 Å². The number of benzene rings is 4. The lowest BCUT2D eigenvalue weighted by Crippen LogP contribution is -2.26. The molecule has 0 saturated heterocycles. The van der Waals surface area contributed by atoms with Gasteiger partial charge in [-0.1, -0.05) is 37.6 Å². The van der Waals surface area contributed by atoms with Gasteiger partial charge in [0.1, 0.15) is 11.6 Å². The van der Waals surface area contributed by atoms with Crippen molar-refractivity contribution in [2.45, 2.75) is 38.7 Å². The van der Waals surface area contributed by atoms with Gasteiger partial charge in [0.15, 0.2) is 29.0 Å². The van der Waals surface area contributed by atoms with Crippen LogP contribution in [0.4, 0.5) is 39.5 Å². The Morgan fingerprint density at radius 2 is 1.18 bits per heavy atom. The molecule has 0 aliphatic carbocycles. The molecule has 4 rings (SSSR count). The molecule has 0 amide bonds. The van der Waals surface area contributed by atoms with Gasteiger partial charge >= 0.3 is 6.11 Å². The van der Waals surface area contributed by atoms with Crippen molar-refractivity contribution in [3.63, 3.8) is 0 Å². The molecule has 1 nitrogen and oxygen atoms in total. The maximum atomic E-state index is 14.7. The Morgan fingerprint density at radius 3 is 1.75 bits per heavy atom. The van der Waals surface area contributed by atoms with Crippen LogP contribution in [0.15, 0.2) is 60.7 Å². The van der Waals surface area contributed by atoms with Gasteiger partial charge in [0.25, 0.3) is 0 Å². The molecule has 40 heavy (non-hydrogen) atoms. The van der Waals surface area contributed by atoms with Crippen molar-refractivity contribution in [3.05, 3.63) is 113 Å². The van der Waals surface area contributed by atoms with Crippen LogP contribution in [0.25, 0.3) is 22.3 Å². The first-order valence-electron chi connectivity index (χ1n) is 12.2. The van der Waals surface area contributed by atoms with Crippen LogP contribution in [0.2, 0.25) is 0 Å². The van der Waals surface area contributed by atoms with Crippen molar-refractivity contribution in [1.29, 1.82) is 0 Å². The van der Waals surface area contributed by atoms with Crippen molar-refractivity contribution in [1.82, 2.24) is 0 Å². The summed E-state index contributed by atoms with van der Waals surface area (Å²) in [6.07, 6.45) is -4.54. The predicted molar refractivity (Wildman–Crippen MR) is 131 cm³/mol. The van der Waals surface area contributed by atoms with Crippen LogP contribution in [-0.4, -0.2) is 6.11 Å². The molecule has 0 fully saturated rings. The van der Waals surface area contributed by atoms with E-state index in [1.165, 1.54) is 0 Å². The van der Waals surface area contributed by atoms with Gasteiger partial charge in [-0.05, 0) is 71.5 Å². The SMILES string of the molecule is CCCc1ccc(-c2cc(F)c(CCC(F)(F)Oc3ccc(-c4cc(F)c(F)c(F)c4)c(F)c3F)c(F)c2)cc1. The summed E-state index contributed by atoms with van der Waals surface area (Å²) < 4.78 is 132. The van der Waals surface area contributed by atoms with Crippen LogP contribution in [0, 0.1) is 40.7 Å². The van der Waals surface area contributed by atoms with Gasteiger partial charge in [-0.15, -0.1) is 0 Å². The minimum atomic E-state index is -4.18. The van der Waals surface area contributed by atoms with E-state index in [-0.39, 0.29) is 5.56 Å². The summed E-state index contributed by atoms with van der Waals surface area (Å²) in [6, 6.07) is 11.2. The Morgan fingerprint density at radius 1 is 0.600 bits per heavy atom. The maximum absolute atomic E-state index is 14.7. The van der Waals surface area contributed by atoms with Crippen LogP contribution < -0.4 is 4.74 Å². The summed E-state index contributed by atoms with van der Waals surface area (Å²) in [5, 5.41) is 0. The number of alkyl halides is 2. The van der Waals surface area contributed by atoms with Crippen LogP contribution in [-0.2, 0) is 12.8 Å². The van der Waals surface area contributed by atoms with E-state index in [9.17, 15) is 39.5 Å². The van der Waals surface area contributed by atoms with E-state index >= 15 is 0 Å². The number of aryl methyl sites for hydroxylation is 1. The second-order valence-corrected chi connectivity index (χ2v) is 9.10. The van der Waals surface area contributed by atoms with Crippen LogP contribution in [0.1, 0.15) is 30.9 Å². The molecular weight excluding hydrogens is 547 g/mol. The molecule has 0 unspecified atom stereocenters. The summed E-state index contributed by atoms with van der Waals surface area (Å²) in [4.78, 5) is 0. The lowest BCUT2D eigenvalue weighted by molar-refractivity contribution is -0.181. The molecule has 0 aliphatic heterocycles. The summed E-state index contributed by atoms with van der Waals surface area (Å²) in [7, 11) is 0. The van der Waals surface area contributed by atoms with Crippen molar-refractivity contribution in [3.8, 4) is 28.0 Å². The van der Waals surface area contributed by atoms with Crippen molar-refractivity contribution in [2.24, 2.45) is 0 Å². The molecule has 0 bridgehead atoms. The average Bonchev–Trinajstić information content (AvgIpc) is 2.89. The largest absolute Gasteiger partial charge is 0.429 e. The monoisotopic (exact) mass is 568 g/mol. The highest BCUT2D eigenvalue weighted by atomic mass is 19.3. The zero-order valence-electron chi connectivity index (χ0n) is 20.9. The molecule has 0 aromatic heterocycles. The minimum Gasteiger partial charge on any atom is -0.429 e. The Bertz CT molecular complexity index is 1490. The van der Waals surface area contributed by atoms with Crippen molar-refractivity contribution >= 4 is 0 Å². The standard InChI is InChI=1S/C30H21F9O/c1-2-3-16-4-6-17(7-5-16)18-12-22(31)21(23(32)13-18)10-11-30(38,39)40-26-9-8-20(27(35)29(26)37)19-14-24(33)28(36)25(34)15-19/h4-9,12-15H,2-3,10-11H2,1H3. The molecule has 0 saturated carbocycles. The highest BCUT2D eigenvalue weighted by molar-refractivity contribution is 5.66. The topological polar surface area (TPSA) is 9.23 Å². The first kappa shape index (κ1) is 29.0. The fourth-order valence-electron chi connectivity index (χ4n) is 4.19. The fourth-order valence-corrected chi connectivity index (χ4v) is 4.19. The summed E-state index contributed by atoms with van der Waals surface area (Å²) in [5.74, 6) is -12.2. The molecule has 0 N–H and O–H groups in total. The van der Waals surface area contributed by atoms with E-state index < -0.39 is 82.1 Å². The number of ether oxygens (including phenoxy) is 1. The number of rotatable bonds is 9. The van der Waals surface area contributed by atoms with E-state index in [1.807, 2.05) is 19.1 Å². The second kappa shape index (κ2) is 11.7. The van der Waals surface area contributed by atoms with Gasteiger partial charge in [0.2, 0.25) is 5.82 Å². The molecule has 0 spiro atoms. The van der Waals surface area contributed by atoms with E-state index in [0.717, 1.165) is 30.5 Å². The third-order valence-electron chi connectivity index (χ3n) is 6.23. The van der Waals surface area contributed by atoms with Gasteiger partial charge in [-0.25, -0.2) is 26.3 Å². The van der Waals surface area contributed by atoms with Gasteiger partial charge in [0.05, 0.1) is 6.42 Å². The Hall–Kier alpha value is -3.95. The minimum absolute atomic E-state index is 0.211. The molecular formula is C30H21F9O. The number of hydrogen-bond acceptors (Lipinski definition) is 1. The molecule has 4 aromatic carbocycles. The Kier molecular flexibility index (Phi) is 8.46. The van der Waals surface area contributed by atoms with E-state index in [2.05, 4.69) is 4.74 Å². The molecule has 0 aliphatic rings. The third kappa shape index (κ3) is 6.26. The van der Waals surface area contributed by atoms with Crippen molar-refractivity contribution in [2.75, 3.05) is 0 Å². The lowest BCUT2D eigenvalue weighted by Gasteiger charge is -2.19. The highest BCUT2D eigenvalue weighted by Crippen LogP contribution is 2.35. The van der Waals surface area contributed by atoms with Gasteiger partial charge in [-0.3, -0.25) is 0 Å². The van der Waals surface area contributed by atoms with E-state index in [4.69, 9.17) is 0 Å². The zero-order valence-corrected chi connectivity index (χ0v) is 20.9. The molecule has 4 aromatic rings. The van der Waals surface area contributed by atoms with Gasteiger partial charge < -0.3 is 4.74 Å². The number of halogens is 9. The van der Waals surface area contributed by atoms with Gasteiger partial charge in [0, 0.05) is 11.1 Å². The third-order valence-corrected chi connectivity index (χ3v) is 6.23. The molecule has 10 heteroatoms. The summed E-state index contributed by atoms with van der Waals surface area (Å²) in [5.41, 5.74) is -0.173.